The lowest BCUT2D eigenvalue weighted by Crippen LogP contribution is -2.37. The fourth-order valence-corrected chi connectivity index (χ4v) is 4.29. The average molecular weight is 419 g/mol. The molecule has 6 heteroatoms. The molecule has 5 nitrogen and oxygen atoms in total. The van der Waals surface area contributed by atoms with Gasteiger partial charge in [-0.15, -0.1) is 0 Å². The van der Waals surface area contributed by atoms with Crippen LogP contribution in [-0.4, -0.2) is 17.9 Å². The minimum absolute atomic E-state index is 0.257. The topological polar surface area (TPSA) is 49.9 Å². The second-order valence-corrected chi connectivity index (χ2v) is 7.99. The zero-order chi connectivity index (χ0) is 20.8. The molecule has 0 saturated carbocycles. The highest BCUT2D eigenvalue weighted by Gasteiger charge is 2.60. The Hall–Kier alpha value is -3.15. The number of anilines is 2. The number of para-hydroxylation sites is 1. The first-order valence-corrected chi connectivity index (χ1v) is 10.1. The average Bonchev–Trinajstić information content (AvgIpc) is 3.27. The van der Waals surface area contributed by atoms with Gasteiger partial charge in [-0.05, 0) is 48.9 Å². The van der Waals surface area contributed by atoms with Gasteiger partial charge >= 0.3 is 0 Å². The summed E-state index contributed by atoms with van der Waals surface area (Å²) in [7, 11) is 0. The zero-order valence-electron chi connectivity index (χ0n) is 16.2. The van der Waals surface area contributed by atoms with Crippen LogP contribution in [0.2, 0.25) is 5.02 Å². The van der Waals surface area contributed by atoms with Gasteiger partial charge in [-0.2, -0.15) is 0 Å². The Morgan fingerprint density at radius 2 is 1.47 bits per heavy atom. The standard InChI is InChI=1S/C24H19ClN2O3/c1-15-7-13-18(14-8-15)26-23(28)20-21(16-9-11-17(25)12-10-16)27(30-22(20)24(26)29)19-5-3-2-4-6-19/h2-14,20-22H,1H3/t20-,21+,22-/m1/s1. The van der Waals surface area contributed by atoms with E-state index in [2.05, 4.69) is 0 Å². The molecule has 0 radical (unpaired) electrons. The first-order chi connectivity index (χ1) is 14.5. The van der Waals surface area contributed by atoms with Gasteiger partial charge in [0.25, 0.3) is 5.91 Å². The molecule has 2 heterocycles. The highest BCUT2D eigenvalue weighted by Crippen LogP contribution is 2.47. The molecule has 3 aromatic rings. The van der Waals surface area contributed by atoms with E-state index in [9.17, 15) is 9.59 Å². The number of carbonyl (C=O) groups is 2. The molecule has 0 bridgehead atoms. The molecule has 0 N–H and O–H groups in total. The lowest BCUT2D eigenvalue weighted by atomic mass is 9.90. The maximum atomic E-state index is 13.5. The summed E-state index contributed by atoms with van der Waals surface area (Å²) in [4.78, 5) is 34.1. The summed E-state index contributed by atoms with van der Waals surface area (Å²) in [6.07, 6.45) is -0.875. The lowest BCUT2D eigenvalue weighted by Gasteiger charge is -2.28. The summed E-state index contributed by atoms with van der Waals surface area (Å²) >= 11 is 6.08. The third-order valence-electron chi connectivity index (χ3n) is 5.63. The van der Waals surface area contributed by atoms with Crippen LogP contribution in [0, 0.1) is 12.8 Å². The fraction of sp³-hybridized carbons (Fsp3) is 0.167. The smallest absolute Gasteiger partial charge is 0.266 e. The Morgan fingerprint density at radius 3 is 2.13 bits per heavy atom. The van der Waals surface area contributed by atoms with Crippen molar-refractivity contribution in [3.8, 4) is 0 Å². The summed E-state index contributed by atoms with van der Waals surface area (Å²) in [5.74, 6) is -1.25. The van der Waals surface area contributed by atoms with Crippen LogP contribution in [0.4, 0.5) is 11.4 Å². The molecule has 5 rings (SSSR count). The Kier molecular flexibility index (Phi) is 4.57. The lowest BCUT2D eigenvalue weighted by molar-refractivity contribution is -0.126. The number of carbonyl (C=O) groups excluding carboxylic acids is 2. The number of halogens is 1. The molecule has 150 valence electrons. The number of benzene rings is 3. The van der Waals surface area contributed by atoms with Gasteiger partial charge in [-0.25, -0.2) is 9.96 Å². The normalized spacial score (nSPS) is 23.2. The SMILES string of the molecule is Cc1ccc(N2C(=O)[C@H]3[C@@H](ON(c4ccccc4)[C@H]3c3ccc(Cl)cc3)C2=O)cc1. The summed E-state index contributed by atoms with van der Waals surface area (Å²) in [6.45, 7) is 1.96. The van der Waals surface area contributed by atoms with Gasteiger partial charge in [0.05, 0.1) is 17.4 Å². The monoisotopic (exact) mass is 418 g/mol. The second-order valence-electron chi connectivity index (χ2n) is 7.56. The van der Waals surface area contributed by atoms with Crippen molar-refractivity contribution in [2.45, 2.75) is 19.1 Å². The van der Waals surface area contributed by atoms with Crippen LogP contribution >= 0.6 is 11.6 Å². The Bertz CT molecular complexity index is 1100. The highest BCUT2D eigenvalue weighted by molar-refractivity contribution is 6.30. The third-order valence-corrected chi connectivity index (χ3v) is 5.88. The molecule has 0 aromatic heterocycles. The molecular formula is C24H19ClN2O3. The number of aryl methyl sites for hydroxylation is 1. The predicted octanol–water partition coefficient (Wildman–Crippen LogP) is 4.70. The minimum atomic E-state index is -0.875. The van der Waals surface area contributed by atoms with E-state index in [1.807, 2.05) is 61.5 Å². The van der Waals surface area contributed by atoms with Gasteiger partial charge in [0, 0.05) is 5.02 Å². The zero-order valence-corrected chi connectivity index (χ0v) is 17.0. The van der Waals surface area contributed by atoms with E-state index in [-0.39, 0.29) is 11.8 Å². The van der Waals surface area contributed by atoms with Crippen molar-refractivity contribution >= 4 is 34.8 Å². The van der Waals surface area contributed by atoms with Gasteiger partial charge in [-0.1, -0.05) is 59.6 Å². The van der Waals surface area contributed by atoms with E-state index in [0.717, 1.165) is 16.8 Å². The number of imide groups is 1. The van der Waals surface area contributed by atoms with Crippen molar-refractivity contribution in [2.75, 3.05) is 9.96 Å². The molecular weight excluding hydrogens is 400 g/mol. The maximum absolute atomic E-state index is 13.5. The molecule has 2 fully saturated rings. The number of hydrogen-bond acceptors (Lipinski definition) is 4. The Morgan fingerprint density at radius 1 is 0.800 bits per heavy atom. The van der Waals surface area contributed by atoms with E-state index in [1.54, 1.807) is 29.3 Å². The van der Waals surface area contributed by atoms with Crippen LogP contribution in [0.25, 0.3) is 0 Å². The maximum Gasteiger partial charge on any atom is 0.266 e. The van der Waals surface area contributed by atoms with E-state index >= 15 is 0 Å². The van der Waals surface area contributed by atoms with Crippen molar-refractivity contribution in [3.05, 3.63) is 95.0 Å². The molecule has 3 atom stereocenters. The molecule has 0 aliphatic carbocycles. The van der Waals surface area contributed by atoms with Crippen molar-refractivity contribution < 1.29 is 14.4 Å². The summed E-state index contributed by atoms with van der Waals surface area (Å²) in [5.41, 5.74) is 3.27. The van der Waals surface area contributed by atoms with Crippen LogP contribution in [0.5, 0.6) is 0 Å². The molecule has 2 aliphatic rings. The van der Waals surface area contributed by atoms with Crippen molar-refractivity contribution in [3.63, 3.8) is 0 Å². The van der Waals surface area contributed by atoms with Crippen LogP contribution in [0.15, 0.2) is 78.9 Å². The highest BCUT2D eigenvalue weighted by atomic mass is 35.5. The van der Waals surface area contributed by atoms with Crippen molar-refractivity contribution in [1.29, 1.82) is 0 Å². The molecule has 3 aromatic carbocycles. The van der Waals surface area contributed by atoms with Gasteiger partial charge in [0.15, 0.2) is 6.10 Å². The summed E-state index contributed by atoms with van der Waals surface area (Å²) in [5, 5.41) is 2.29. The quantitative estimate of drug-likeness (QED) is 0.578. The van der Waals surface area contributed by atoms with Crippen LogP contribution in [0.1, 0.15) is 17.2 Å². The van der Waals surface area contributed by atoms with E-state index in [0.29, 0.717) is 10.7 Å². The van der Waals surface area contributed by atoms with Crippen molar-refractivity contribution in [1.82, 2.24) is 0 Å². The van der Waals surface area contributed by atoms with Gasteiger partial charge in [0.1, 0.15) is 5.92 Å². The predicted molar refractivity (Wildman–Crippen MR) is 115 cm³/mol. The summed E-state index contributed by atoms with van der Waals surface area (Å²) in [6, 6.07) is 23.7. The largest absolute Gasteiger partial charge is 0.273 e. The number of rotatable bonds is 3. The van der Waals surface area contributed by atoms with E-state index < -0.39 is 18.1 Å². The van der Waals surface area contributed by atoms with E-state index in [4.69, 9.17) is 16.4 Å². The van der Waals surface area contributed by atoms with Crippen molar-refractivity contribution in [2.24, 2.45) is 5.92 Å². The molecule has 2 aliphatic heterocycles. The van der Waals surface area contributed by atoms with Gasteiger partial charge < -0.3 is 0 Å². The van der Waals surface area contributed by atoms with Gasteiger partial charge in [0.2, 0.25) is 5.91 Å². The Labute approximate surface area is 179 Å². The first-order valence-electron chi connectivity index (χ1n) is 9.75. The number of hydrogen-bond donors (Lipinski definition) is 0. The van der Waals surface area contributed by atoms with Crippen LogP contribution in [0.3, 0.4) is 0 Å². The first kappa shape index (κ1) is 18.9. The molecule has 0 spiro atoms. The number of amides is 2. The number of nitrogens with zero attached hydrogens (tertiary/aromatic N) is 2. The van der Waals surface area contributed by atoms with Gasteiger partial charge in [-0.3, -0.25) is 14.4 Å². The van der Waals surface area contributed by atoms with Crippen LogP contribution in [-0.2, 0) is 14.4 Å². The fourth-order valence-electron chi connectivity index (χ4n) is 4.16. The van der Waals surface area contributed by atoms with Crippen LogP contribution < -0.4 is 9.96 Å². The minimum Gasteiger partial charge on any atom is -0.273 e. The molecule has 0 unspecified atom stereocenters. The molecule has 2 saturated heterocycles. The van der Waals surface area contributed by atoms with E-state index in [1.165, 1.54) is 4.90 Å². The third kappa shape index (κ3) is 2.98. The second kappa shape index (κ2) is 7.27. The summed E-state index contributed by atoms with van der Waals surface area (Å²) < 4.78 is 0. The molecule has 30 heavy (non-hydrogen) atoms. The number of hydroxylamine groups is 1. The molecule has 2 amide bonds. The number of fused-ring (bicyclic) bond motifs is 1. The Balaban J connectivity index is 1.58.